The van der Waals surface area contributed by atoms with E-state index in [1.54, 1.807) is 6.07 Å². The van der Waals surface area contributed by atoms with Crippen LogP contribution in [0.1, 0.15) is 5.56 Å². The third kappa shape index (κ3) is 6.29. The monoisotopic (exact) mass is 366 g/mol. The van der Waals surface area contributed by atoms with E-state index in [9.17, 15) is 18.0 Å². The van der Waals surface area contributed by atoms with Crippen molar-refractivity contribution in [1.82, 2.24) is 10.0 Å². The Balaban J connectivity index is 2.81. The SMILES string of the molecule is C#CCNC(=O)COC(=O)/C=C/c1ccc(OC)c(S(=O)(=O)NC)c1. The maximum Gasteiger partial charge on any atom is 0.331 e. The topological polar surface area (TPSA) is 111 Å². The lowest BCUT2D eigenvalue weighted by Crippen LogP contribution is -2.28. The highest BCUT2D eigenvalue weighted by Gasteiger charge is 2.17. The Kier molecular flexibility index (Phi) is 7.65. The second-order valence-electron chi connectivity index (χ2n) is 4.54. The van der Waals surface area contributed by atoms with Gasteiger partial charge in [-0.1, -0.05) is 12.0 Å². The molecule has 0 fully saturated rings. The molecule has 0 unspecified atom stereocenters. The van der Waals surface area contributed by atoms with Crippen LogP contribution in [0.5, 0.6) is 5.75 Å². The molecule has 1 aromatic carbocycles. The summed E-state index contributed by atoms with van der Waals surface area (Å²) in [6.07, 6.45) is 7.41. The van der Waals surface area contributed by atoms with Crippen molar-refractivity contribution < 1.29 is 27.5 Å². The number of terminal acetylenes is 1. The van der Waals surface area contributed by atoms with E-state index >= 15 is 0 Å². The Morgan fingerprint density at radius 2 is 2.08 bits per heavy atom. The molecule has 0 aliphatic rings. The first-order chi connectivity index (χ1) is 11.8. The van der Waals surface area contributed by atoms with Crippen LogP contribution < -0.4 is 14.8 Å². The van der Waals surface area contributed by atoms with Crippen molar-refractivity contribution in [3.8, 4) is 18.1 Å². The molecule has 0 atom stereocenters. The predicted molar refractivity (Wildman–Crippen MR) is 91.1 cm³/mol. The van der Waals surface area contributed by atoms with Crippen molar-refractivity contribution in [1.29, 1.82) is 0 Å². The summed E-state index contributed by atoms with van der Waals surface area (Å²) in [6, 6.07) is 4.37. The highest BCUT2D eigenvalue weighted by Crippen LogP contribution is 2.25. The Bertz CT molecular complexity index is 808. The van der Waals surface area contributed by atoms with Crippen LogP contribution in [0.15, 0.2) is 29.2 Å². The number of carbonyl (C=O) groups is 2. The Labute approximate surface area is 146 Å². The van der Waals surface area contributed by atoms with Gasteiger partial charge in [-0.2, -0.15) is 0 Å². The first-order valence-corrected chi connectivity index (χ1v) is 8.49. The fraction of sp³-hybridized carbons (Fsp3) is 0.250. The van der Waals surface area contributed by atoms with Gasteiger partial charge < -0.3 is 14.8 Å². The van der Waals surface area contributed by atoms with Gasteiger partial charge in [0.2, 0.25) is 10.0 Å². The van der Waals surface area contributed by atoms with Crippen LogP contribution in [0.3, 0.4) is 0 Å². The van der Waals surface area contributed by atoms with Crippen LogP contribution >= 0.6 is 0 Å². The number of rotatable bonds is 8. The smallest absolute Gasteiger partial charge is 0.331 e. The van der Waals surface area contributed by atoms with E-state index in [-0.39, 0.29) is 17.2 Å². The number of hydrogen-bond donors (Lipinski definition) is 2. The lowest BCUT2D eigenvalue weighted by atomic mass is 10.2. The molecule has 0 aliphatic heterocycles. The Morgan fingerprint density at radius 3 is 2.68 bits per heavy atom. The zero-order valence-electron chi connectivity index (χ0n) is 13.7. The molecule has 1 aromatic rings. The zero-order valence-corrected chi connectivity index (χ0v) is 14.6. The van der Waals surface area contributed by atoms with Crippen molar-refractivity contribution in [2.75, 3.05) is 27.3 Å². The number of hydrogen-bond acceptors (Lipinski definition) is 6. The molecule has 0 bridgehead atoms. The molecule has 1 rings (SSSR count). The van der Waals surface area contributed by atoms with E-state index in [4.69, 9.17) is 15.9 Å². The van der Waals surface area contributed by atoms with Gasteiger partial charge in [-0.15, -0.1) is 6.42 Å². The van der Waals surface area contributed by atoms with Crippen LogP contribution in [-0.4, -0.2) is 47.6 Å². The lowest BCUT2D eigenvalue weighted by molar-refractivity contribution is -0.143. The Morgan fingerprint density at radius 1 is 1.36 bits per heavy atom. The second kappa shape index (κ2) is 9.46. The van der Waals surface area contributed by atoms with Gasteiger partial charge in [0.05, 0.1) is 13.7 Å². The maximum atomic E-state index is 12.0. The average molecular weight is 366 g/mol. The molecule has 1 amide bonds. The molecule has 0 saturated carbocycles. The van der Waals surface area contributed by atoms with Crippen LogP contribution in [0.2, 0.25) is 0 Å². The van der Waals surface area contributed by atoms with E-state index in [0.717, 1.165) is 6.08 Å². The van der Waals surface area contributed by atoms with Crippen molar-refractivity contribution in [2.24, 2.45) is 0 Å². The number of carbonyl (C=O) groups excluding carboxylic acids is 2. The molecule has 25 heavy (non-hydrogen) atoms. The average Bonchev–Trinajstić information content (AvgIpc) is 2.62. The molecule has 0 aliphatic carbocycles. The zero-order chi connectivity index (χ0) is 18.9. The number of sulfonamides is 1. The molecule has 0 heterocycles. The minimum Gasteiger partial charge on any atom is -0.495 e. The lowest BCUT2D eigenvalue weighted by Gasteiger charge is -2.09. The summed E-state index contributed by atoms with van der Waals surface area (Å²) >= 11 is 0. The number of methoxy groups -OCH3 is 1. The van der Waals surface area contributed by atoms with Gasteiger partial charge in [-0.05, 0) is 30.8 Å². The minimum absolute atomic E-state index is 0.0424. The van der Waals surface area contributed by atoms with E-state index in [0.29, 0.717) is 5.56 Å². The van der Waals surface area contributed by atoms with Crippen LogP contribution in [0.25, 0.3) is 6.08 Å². The first kappa shape index (κ1) is 20.2. The Hall–Kier alpha value is -2.83. The van der Waals surface area contributed by atoms with E-state index in [1.807, 2.05) is 0 Å². The molecule has 0 aromatic heterocycles. The molecule has 2 N–H and O–H groups in total. The van der Waals surface area contributed by atoms with Crippen molar-refractivity contribution in [2.45, 2.75) is 4.90 Å². The first-order valence-electron chi connectivity index (χ1n) is 7.00. The second-order valence-corrected chi connectivity index (χ2v) is 6.39. The van der Waals surface area contributed by atoms with E-state index in [2.05, 4.69) is 16.0 Å². The number of ether oxygens (including phenoxy) is 2. The van der Waals surface area contributed by atoms with Crippen LogP contribution in [0, 0.1) is 12.3 Å². The van der Waals surface area contributed by atoms with Gasteiger partial charge in [-0.25, -0.2) is 17.9 Å². The summed E-state index contributed by atoms with van der Waals surface area (Å²) in [5.74, 6) is 1.10. The maximum absolute atomic E-state index is 12.0. The molecular weight excluding hydrogens is 348 g/mol. The summed E-state index contributed by atoms with van der Waals surface area (Å²) in [6.45, 7) is -0.423. The number of esters is 1. The number of benzene rings is 1. The third-order valence-corrected chi connectivity index (χ3v) is 4.33. The summed E-state index contributed by atoms with van der Waals surface area (Å²) in [4.78, 5) is 22.7. The number of nitrogens with one attached hydrogen (secondary N) is 2. The van der Waals surface area contributed by atoms with Gasteiger partial charge in [0.25, 0.3) is 5.91 Å². The standard InChI is InChI=1S/C16H18N2O6S/c1-4-9-18-15(19)11-24-16(20)8-6-12-5-7-13(23-3)14(10-12)25(21,22)17-2/h1,5-8,10,17H,9,11H2,2-3H3,(H,18,19)/b8-6+. The molecule has 8 nitrogen and oxygen atoms in total. The van der Waals surface area contributed by atoms with Crippen LogP contribution in [0.4, 0.5) is 0 Å². The molecule has 0 saturated heterocycles. The quantitative estimate of drug-likeness (QED) is 0.378. The van der Waals surface area contributed by atoms with Crippen molar-refractivity contribution in [3.63, 3.8) is 0 Å². The normalized spacial score (nSPS) is 10.9. The van der Waals surface area contributed by atoms with Gasteiger partial charge >= 0.3 is 5.97 Å². The van der Waals surface area contributed by atoms with E-state index in [1.165, 1.54) is 32.4 Å². The van der Waals surface area contributed by atoms with Gasteiger partial charge in [0.1, 0.15) is 10.6 Å². The fourth-order valence-corrected chi connectivity index (χ4v) is 2.59. The van der Waals surface area contributed by atoms with Crippen molar-refractivity contribution >= 4 is 28.0 Å². The number of amides is 1. The van der Waals surface area contributed by atoms with Gasteiger partial charge in [0.15, 0.2) is 6.61 Å². The van der Waals surface area contributed by atoms with Crippen LogP contribution in [-0.2, 0) is 24.3 Å². The molecule has 134 valence electrons. The fourth-order valence-electron chi connectivity index (χ4n) is 1.67. The molecular formula is C16H18N2O6S. The third-order valence-electron chi connectivity index (χ3n) is 2.89. The van der Waals surface area contributed by atoms with Gasteiger partial charge in [-0.3, -0.25) is 4.79 Å². The largest absolute Gasteiger partial charge is 0.495 e. The summed E-state index contributed by atoms with van der Waals surface area (Å²) in [5.41, 5.74) is 0.434. The van der Waals surface area contributed by atoms with Gasteiger partial charge in [0, 0.05) is 6.08 Å². The molecule has 0 radical (unpaired) electrons. The summed E-state index contributed by atoms with van der Waals surface area (Å²) in [7, 11) is -1.10. The summed E-state index contributed by atoms with van der Waals surface area (Å²) in [5, 5.41) is 2.34. The molecule has 9 heteroatoms. The minimum atomic E-state index is -3.73. The van der Waals surface area contributed by atoms with Crippen molar-refractivity contribution in [3.05, 3.63) is 29.8 Å². The highest BCUT2D eigenvalue weighted by molar-refractivity contribution is 7.89. The molecule has 0 spiro atoms. The predicted octanol–water partition coefficient (Wildman–Crippen LogP) is -0.0909. The summed E-state index contributed by atoms with van der Waals surface area (Å²) < 4.78 is 35.9. The highest BCUT2D eigenvalue weighted by atomic mass is 32.2. The van der Waals surface area contributed by atoms with E-state index < -0.39 is 28.5 Å².